The largest absolute Gasteiger partial charge is 0.486 e. The van der Waals surface area contributed by atoms with Crippen LogP contribution in [0.25, 0.3) is 0 Å². The Balaban J connectivity index is 1.88. The second kappa shape index (κ2) is 13.6. The predicted octanol–water partition coefficient (Wildman–Crippen LogP) is 1.80. The van der Waals surface area contributed by atoms with Crippen LogP contribution in [-0.2, 0) is 51.8 Å². The maximum atomic E-state index is 12.1. The van der Waals surface area contributed by atoms with Crippen LogP contribution in [0, 0.1) is 0 Å². The number of esters is 3. The van der Waals surface area contributed by atoms with Crippen LogP contribution in [0.5, 0.6) is 5.75 Å². The first kappa shape index (κ1) is 30.2. The van der Waals surface area contributed by atoms with Crippen molar-refractivity contribution in [1.82, 2.24) is 20.1 Å². The third-order valence-corrected chi connectivity index (χ3v) is 6.85. The van der Waals surface area contributed by atoms with E-state index < -0.39 is 53.6 Å². The lowest BCUT2D eigenvalue weighted by atomic mass is 9.97. The molecular weight excluding hydrogens is 556 g/mol. The number of benzene rings is 1. The molecule has 2 aromatic rings. The fourth-order valence-corrected chi connectivity index (χ4v) is 5.00. The Morgan fingerprint density at radius 3 is 2.23 bits per heavy atom. The minimum atomic E-state index is -1.18. The SMILES string of the molecule is CC(=O)N[C@H]1[C@H](OC(C)=O)[C@H](OC(C)=O)[C@H](COC(C)=O)O[C@@H]1Sc1nnc(COc2ccc(Cl)cc2)n1C. The molecule has 1 amide bonds. The monoisotopic (exact) mass is 584 g/mol. The molecule has 5 atom stereocenters. The topological polar surface area (TPSA) is 157 Å². The summed E-state index contributed by atoms with van der Waals surface area (Å²) in [6.45, 7) is 4.67. The van der Waals surface area contributed by atoms with E-state index in [1.165, 1.54) is 27.7 Å². The van der Waals surface area contributed by atoms with Gasteiger partial charge in [-0.25, -0.2) is 0 Å². The van der Waals surface area contributed by atoms with E-state index in [9.17, 15) is 19.2 Å². The lowest BCUT2D eigenvalue weighted by molar-refractivity contribution is -0.211. The van der Waals surface area contributed by atoms with Crippen LogP contribution >= 0.6 is 23.4 Å². The van der Waals surface area contributed by atoms with Crippen LogP contribution < -0.4 is 10.1 Å². The molecule has 0 bridgehead atoms. The molecule has 39 heavy (non-hydrogen) atoms. The predicted molar refractivity (Wildman–Crippen MR) is 137 cm³/mol. The van der Waals surface area contributed by atoms with Crippen molar-refractivity contribution in [2.24, 2.45) is 7.05 Å². The molecule has 212 valence electrons. The lowest BCUT2D eigenvalue weighted by Crippen LogP contribution is -2.65. The van der Waals surface area contributed by atoms with Crippen molar-refractivity contribution in [3.63, 3.8) is 0 Å². The van der Waals surface area contributed by atoms with E-state index in [0.29, 0.717) is 21.8 Å². The van der Waals surface area contributed by atoms with Gasteiger partial charge in [-0.05, 0) is 24.3 Å². The summed E-state index contributed by atoms with van der Waals surface area (Å²) < 4.78 is 29.6. The summed E-state index contributed by atoms with van der Waals surface area (Å²) in [5, 5.41) is 12.1. The lowest BCUT2D eigenvalue weighted by Gasteiger charge is -2.44. The Morgan fingerprint density at radius 2 is 1.64 bits per heavy atom. The summed E-state index contributed by atoms with van der Waals surface area (Å²) >= 11 is 6.99. The normalized spacial score (nSPS) is 22.5. The van der Waals surface area contributed by atoms with Crippen LogP contribution in [0.15, 0.2) is 29.4 Å². The molecule has 0 spiro atoms. The summed E-state index contributed by atoms with van der Waals surface area (Å²) in [6.07, 6.45) is -3.36. The number of amides is 1. The van der Waals surface area contributed by atoms with Gasteiger partial charge in [0.1, 0.15) is 36.5 Å². The molecule has 0 saturated carbocycles. The maximum absolute atomic E-state index is 12.1. The van der Waals surface area contributed by atoms with Crippen molar-refractivity contribution < 1.29 is 42.9 Å². The average Bonchev–Trinajstić information content (AvgIpc) is 3.19. The van der Waals surface area contributed by atoms with E-state index in [0.717, 1.165) is 11.8 Å². The molecule has 2 heterocycles. The van der Waals surface area contributed by atoms with Crippen LogP contribution in [0.1, 0.15) is 33.5 Å². The van der Waals surface area contributed by atoms with Gasteiger partial charge in [-0.15, -0.1) is 10.2 Å². The Bertz CT molecular complexity index is 1190. The second-order valence-corrected chi connectivity index (χ2v) is 10.0. The van der Waals surface area contributed by atoms with E-state index in [4.69, 9.17) is 35.3 Å². The van der Waals surface area contributed by atoms with Crippen molar-refractivity contribution >= 4 is 47.2 Å². The maximum Gasteiger partial charge on any atom is 0.303 e. The molecule has 1 fully saturated rings. The molecule has 0 aliphatic carbocycles. The van der Waals surface area contributed by atoms with Gasteiger partial charge >= 0.3 is 17.9 Å². The molecule has 1 aliphatic heterocycles. The number of aromatic nitrogens is 3. The zero-order valence-corrected chi connectivity index (χ0v) is 23.5. The van der Waals surface area contributed by atoms with Gasteiger partial charge in [0.15, 0.2) is 23.2 Å². The number of nitrogens with one attached hydrogen (secondary N) is 1. The van der Waals surface area contributed by atoms with Crippen LogP contribution in [-0.4, -0.2) is 75.0 Å². The highest BCUT2D eigenvalue weighted by atomic mass is 35.5. The Labute approximate surface area is 233 Å². The summed E-state index contributed by atoms with van der Waals surface area (Å²) in [5.74, 6) is -1.31. The van der Waals surface area contributed by atoms with E-state index in [1.54, 1.807) is 35.9 Å². The average molecular weight is 585 g/mol. The molecule has 0 radical (unpaired) electrons. The van der Waals surface area contributed by atoms with Crippen LogP contribution in [0.4, 0.5) is 0 Å². The number of halogens is 1. The van der Waals surface area contributed by atoms with E-state index in [-0.39, 0.29) is 13.2 Å². The van der Waals surface area contributed by atoms with Gasteiger partial charge in [0, 0.05) is 39.8 Å². The molecule has 15 heteroatoms. The Kier molecular flexibility index (Phi) is 10.5. The summed E-state index contributed by atoms with van der Waals surface area (Å²) in [6, 6.07) is 5.87. The molecule has 1 N–H and O–H groups in total. The third kappa shape index (κ3) is 8.57. The molecule has 1 aliphatic rings. The van der Waals surface area contributed by atoms with Crippen LogP contribution in [0.3, 0.4) is 0 Å². The van der Waals surface area contributed by atoms with Gasteiger partial charge in [0.05, 0.1) is 0 Å². The summed E-state index contributed by atoms with van der Waals surface area (Å²) in [7, 11) is 1.72. The number of hydrogen-bond acceptors (Lipinski definition) is 12. The summed E-state index contributed by atoms with van der Waals surface area (Å²) in [4.78, 5) is 47.6. The number of carbonyl (C=O) groups excluding carboxylic acids is 4. The zero-order valence-electron chi connectivity index (χ0n) is 21.9. The number of hydrogen-bond donors (Lipinski definition) is 1. The molecule has 13 nitrogen and oxygen atoms in total. The Hall–Kier alpha value is -3.36. The first-order valence-corrected chi connectivity index (χ1v) is 13.0. The number of carbonyl (C=O) groups is 4. The second-order valence-electron chi connectivity index (χ2n) is 8.54. The van der Waals surface area contributed by atoms with E-state index in [2.05, 4.69) is 15.5 Å². The molecule has 0 unspecified atom stereocenters. The van der Waals surface area contributed by atoms with Crippen molar-refractivity contribution in [3.8, 4) is 5.75 Å². The van der Waals surface area contributed by atoms with Crippen molar-refractivity contribution in [2.45, 2.75) is 69.2 Å². The first-order valence-electron chi connectivity index (χ1n) is 11.8. The molecule has 1 aromatic heterocycles. The zero-order chi connectivity index (χ0) is 28.7. The third-order valence-electron chi connectivity index (χ3n) is 5.40. The fraction of sp³-hybridized carbons (Fsp3) is 0.500. The number of rotatable bonds is 10. The Morgan fingerprint density at radius 1 is 1.00 bits per heavy atom. The number of ether oxygens (including phenoxy) is 5. The fourth-order valence-electron chi connectivity index (χ4n) is 3.75. The number of nitrogens with zero attached hydrogens (tertiary/aromatic N) is 3. The van der Waals surface area contributed by atoms with Gasteiger partial charge in [0.2, 0.25) is 5.91 Å². The van der Waals surface area contributed by atoms with Gasteiger partial charge in [0.25, 0.3) is 0 Å². The number of thioether (sulfide) groups is 1. The standard InChI is InChI=1S/C24H29ClN4O9S/c1-12(30)26-20-22(37-15(4)33)21(36-14(3)32)18(10-34-13(2)31)38-23(20)39-24-28-27-19(29(24)5)11-35-17-8-6-16(25)7-9-17/h6-9,18,20-23H,10-11H2,1-5H3,(H,26,30)/t18-,20-,21+,22-,23+/m0/s1. The van der Waals surface area contributed by atoms with Crippen LogP contribution in [0.2, 0.25) is 5.02 Å². The highest BCUT2D eigenvalue weighted by Crippen LogP contribution is 2.35. The molecule has 3 rings (SSSR count). The molecule has 1 aromatic carbocycles. The highest BCUT2D eigenvalue weighted by Gasteiger charge is 2.51. The first-order chi connectivity index (χ1) is 18.4. The van der Waals surface area contributed by atoms with Gasteiger partial charge in [-0.3, -0.25) is 19.2 Å². The van der Waals surface area contributed by atoms with Crippen molar-refractivity contribution in [2.75, 3.05) is 6.61 Å². The molecular formula is C24H29ClN4O9S. The highest BCUT2D eigenvalue weighted by molar-refractivity contribution is 7.99. The summed E-state index contributed by atoms with van der Waals surface area (Å²) in [5.41, 5.74) is -0.918. The van der Waals surface area contributed by atoms with Gasteiger partial charge in [-0.1, -0.05) is 23.4 Å². The van der Waals surface area contributed by atoms with Crippen molar-refractivity contribution in [1.29, 1.82) is 0 Å². The quantitative estimate of drug-likeness (QED) is 0.319. The van der Waals surface area contributed by atoms with Gasteiger partial charge in [-0.2, -0.15) is 0 Å². The minimum absolute atomic E-state index is 0.103. The van der Waals surface area contributed by atoms with Gasteiger partial charge < -0.3 is 33.6 Å². The minimum Gasteiger partial charge on any atom is -0.486 e. The van der Waals surface area contributed by atoms with E-state index >= 15 is 0 Å². The van der Waals surface area contributed by atoms with Crippen molar-refractivity contribution in [3.05, 3.63) is 35.1 Å². The molecule has 1 saturated heterocycles. The smallest absolute Gasteiger partial charge is 0.303 e. The van der Waals surface area contributed by atoms with E-state index in [1.807, 2.05) is 0 Å².